The summed E-state index contributed by atoms with van der Waals surface area (Å²) in [5.74, 6) is 0.597. The fourth-order valence-electron chi connectivity index (χ4n) is 4.13. The van der Waals surface area contributed by atoms with E-state index in [1.807, 2.05) is 16.3 Å². The number of aromatic nitrogens is 5. The number of benzene rings is 1. The first kappa shape index (κ1) is 20.7. The smallest absolute Gasteiger partial charge is 0.210 e. The molecule has 0 saturated carbocycles. The second-order valence-corrected chi connectivity index (χ2v) is 8.75. The average Bonchev–Trinajstić information content (AvgIpc) is 3.44. The van der Waals surface area contributed by atoms with Crippen molar-refractivity contribution in [3.05, 3.63) is 71.0 Å². The molecule has 1 saturated heterocycles. The minimum Gasteiger partial charge on any atom is -0.352 e. The predicted molar refractivity (Wildman–Crippen MR) is 124 cm³/mol. The highest BCUT2D eigenvalue weighted by atomic mass is 32.1. The van der Waals surface area contributed by atoms with Crippen molar-refractivity contribution in [2.24, 2.45) is 0 Å². The van der Waals surface area contributed by atoms with Gasteiger partial charge >= 0.3 is 0 Å². The van der Waals surface area contributed by atoms with Gasteiger partial charge in [-0.3, -0.25) is 9.88 Å². The van der Waals surface area contributed by atoms with Crippen LogP contribution in [0, 0.1) is 19.7 Å². The van der Waals surface area contributed by atoms with Crippen LogP contribution in [-0.4, -0.2) is 55.8 Å². The standard InChI is InChI=1S/C23H24FN7S/c1-16-20(17(2)31(28-16)23-27-9-14-32-23)15-29-10-12-30(13-11-29)22-21(25-7-8-26-22)18-3-5-19(24)6-4-18/h3-9,14H,10-13,15H2,1-2H3. The summed E-state index contributed by atoms with van der Waals surface area (Å²) in [6.07, 6.45) is 5.21. The second kappa shape index (κ2) is 8.76. The number of anilines is 1. The van der Waals surface area contributed by atoms with E-state index in [-0.39, 0.29) is 5.82 Å². The summed E-state index contributed by atoms with van der Waals surface area (Å²) in [7, 11) is 0. The summed E-state index contributed by atoms with van der Waals surface area (Å²) >= 11 is 1.59. The average molecular weight is 450 g/mol. The number of hydrogen-bond donors (Lipinski definition) is 0. The van der Waals surface area contributed by atoms with Crippen LogP contribution in [0.4, 0.5) is 10.2 Å². The lowest BCUT2D eigenvalue weighted by Gasteiger charge is -2.36. The van der Waals surface area contributed by atoms with E-state index < -0.39 is 0 Å². The molecule has 4 heterocycles. The lowest BCUT2D eigenvalue weighted by Crippen LogP contribution is -2.46. The maximum atomic E-state index is 13.4. The fourth-order valence-corrected chi connectivity index (χ4v) is 4.77. The monoisotopic (exact) mass is 449 g/mol. The van der Waals surface area contributed by atoms with Crippen LogP contribution in [0.15, 0.2) is 48.2 Å². The molecular formula is C23H24FN7S. The van der Waals surface area contributed by atoms with Gasteiger partial charge in [0.25, 0.3) is 0 Å². The molecule has 1 fully saturated rings. The molecule has 4 aromatic rings. The quantitative estimate of drug-likeness (QED) is 0.461. The third-order valence-corrected chi connectivity index (χ3v) is 6.64. The molecule has 1 aliphatic heterocycles. The molecule has 0 atom stereocenters. The third-order valence-electron chi connectivity index (χ3n) is 5.89. The van der Waals surface area contributed by atoms with Gasteiger partial charge in [0, 0.05) is 73.5 Å². The highest BCUT2D eigenvalue weighted by molar-refractivity contribution is 7.12. The van der Waals surface area contributed by atoms with E-state index in [9.17, 15) is 4.39 Å². The Morgan fingerprint density at radius 2 is 1.69 bits per heavy atom. The molecule has 3 aromatic heterocycles. The molecule has 1 aliphatic rings. The fraction of sp³-hybridized carbons (Fsp3) is 0.304. The van der Waals surface area contributed by atoms with Crippen molar-refractivity contribution in [3.63, 3.8) is 0 Å². The zero-order chi connectivity index (χ0) is 22.1. The Hall–Kier alpha value is -3.17. The molecule has 9 heteroatoms. The Morgan fingerprint density at radius 3 is 2.41 bits per heavy atom. The van der Waals surface area contributed by atoms with Crippen molar-refractivity contribution < 1.29 is 4.39 Å². The summed E-state index contributed by atoms with van der Waals surface area (Å²) < 4.78 is 15.3. The van der Waals surface area contributed by atoms with Gasteiger partial charge in [-0.2, -0.15) is 5.10 Å². The van der Waals surface area contributed by atoms with Gasteiger partial charge in [-0.05, 0) is 38.1 Å². The van der Waals surface area contributed by atoms with Gasteiger partial charge in [-0.1, -0.05) is 0 Å². The van der Waals surface area contributed by atoms with Gasteiger partial charge in [-0.25, -0.2) is 19.0 Å². The van der Waals surface area contributed by atoms with Crippen LogP contribution < -0.4 is 4.90 Å². The molecule has 0 spiro atoms. The summed E-state index contributed by atoms with van der Waals surface area (Å²) in [5.41, 5.74) is 5.12. The molecule has 0 N–H and O–H groups in total. The third kappa shape index (κ3) is 4.01. The van der Waals surface area contributed by atoms with Crippen molar-refractivity contribution in [1.82, 2.24) is 29.6 Å². The number of rotatable bonds is 5. The first-order chi connectivity index (χ1) is 15.6. The number of thiazole rings is 1. The van der Waals surface area contributed by atoms with Gasteiger partial charge in [0.15, 0.2) is 5.82 Å². The van der Waals surface area contributed by atoms with Crippen LogP contribution in [0.2, 0.25) is 0 Å². The number of halogens is 1. The molecule has 0 bridgehead atoms. The molecule has 164 valence electrons. The lowest BCUT2D eigenvalue weighted by atomic mass is 10.1. The topological polar surface area (TPSA) is 63.0 Å². The van der Waals surface area contributed by atoms with E-state index in [0.29, 0.717) is 0 Å². The number of hydrogen-bond acceptors (Lipinski definition) is 7. The number of piperazine rings is 1. The van der Waals surface area contributed by atoms with Gasteiger partial charge in [0.2, 0.25) is 5.13 Å². The summed E-state index contributed by atoms with van der Waals surface area (Å²) in [6.45, 7) is 8.58. The molecule has 0 amide bonds. The second-order valence-electron chi connectivity index (χ2n) is 7.87. The van der Waals surface area contributed by atoms with Crippen molar-refractivity contribution in [2.45, 2.75) is 20.4 Å². The van der Waals surface area contributed by atoms with Crippen LogP contribution >= 0.6 is 11.3 Å². The van der Waals surface area contributed by atoms with Crippen molar-refractivity contribution >= 4 is 17.2 Å². The van der Waals surface area contributed by atoms with E-state index in [1.54, 1.807) is 35.9 Å². The largest absolute Gasteiger partial charge is 0.352 e. The van der Waals surface area contributed by atoms with Crippen LogP contribution in [0.1, 0.15) is 17.0 Å². The maximum Gasteiger partial charge on any atom is 0.210 e. The van der Waals surface area contributed by atoms with Crippen LogP contribution in [-0.2, 0) is 6.54 Å². The molecule has 1 aromatic carbocycles. The summed E-state index contributed by atoms with van der Waals surface area (Å²) in [4.78, 5) is 18.2. The SMILES string of the molecule is Cc1nn(-c2nccs2)c(C)c1CN1CCN(c2nccnc2-c2ccc(F)cc2)CC1. The van der Waals surface area contributed by atoms with Crippen molar-refractivity contribution in [2.75, 3.05) is 31.1 Å². The van der Waals surface area contributed by atoms with E-state index in [1.165, 1.54) is 17.7 Å². The zero-order valence-electron chi connectivity index (χ0n) is 18.1. The van der Waals surface area contributed by atoms with Crippen LogP contribution in [0.3, 0.4) is 0 Å². The Labute approximate surface area is 190 Å². The Bertz CT molecular complexity index is 1200. The molecule has 0 radical (unpaired) electrons. The number of nitrogens with zero attached hydrogens (tertiary/aromatic N) is 7. The van der Waals surface area contributed by atoms with E-state index in [4.69, 9.17) is 5.10 Å². The van der Waals surface area contributed by atoms with Crippen LogP contribution in [0.25, 0.3) is 16.4 Å². The van der Waals surface area contributed by atoms with E-state index >= 15 is 0 Å². The van der Waals surface area contributed by atoms with Gasteiger partial charge in [0.05, 0.1) is 5.69 Å². The van der Waals surface area contributed by atoms with E-state index in [0.717, 1.165) is 66.3 Å². The van der Waals surface area contributed by atoms with Crippen molar-refractivity contribution in [3.8, 4) is 16.4 Å². The normalized spacial score (nSPS) is 14.8. The van der Waals surface area contributed by atoms with Gasteiger partial charge in [-0.15, -0.1) is 11.3 Å². The predicted octanol–water partition coefficient (Wildman–Crippen LogP) is 3.86. The minimum atomic E-state index is -0.253. The van der Waals surface area contributed by atoms with Gasteiger partial charge < -0.3 is 4.90 Å². The maximum absolute atomic E-state index is 13.4. The number of aryl methyl sites for hydroxylation is 1. The highest BCUT2D eigenvalue weighted by Crippen LogP contribution is 2.28. The Kier molecular flexibility index (Phi) is 5.67. The van der Waals surface area contributed by atoms with Crippen LogP contribution in [0.5, 0.6) is 0 Å². The summed E-state index contributed by atoms with van der Waals surface area (Å²) in [6, 6.07) is 6.43. The zero-order valence-corrected chi connectivity index (χ0v) is 18.9. The molecule has 5 rings (SSSR count). The van der Waals surface area contributed by atoms with Gasteiger partial charge in [0.1, 0.15) is 11.5 Å². The minimum absolute atomic E-state index is 0.253. The first-order valence-electron chi connectivity index (χ1n) is 10.6. The molecule has 32 heavy (non-hydrogen) atoms. The molecule has 0 aliphatic carbocycles. The first-order valence-corrected chi connectivity index (χ1v) is 11.5. The Balaban J connectivity index is 1.29. The lowest BCUT2D eigenvalue weighted by molar-refractivity contribution is 0.248. The molecule has 0 unspecified atom stereocenters. The Morgan fingerprint density at radius 1 is 0.938 bits per heavy atom. The highest BCUT2D eigenvalue weighted by Gasteiger charge is 2.23. The molecule has 7 nitrogen and oxygen atoms in total. The van der Waals surface area contributed by atoms with E-state index in [2.05, 4.69) is 38.6 Å². The molecular weight excluding hydrogens is 425 g/mol. The van der Waals surface area contributed by atoms with Crippen molar-refractivity contribution in [1.29, 1.82) is 0 Å². The summed E-state index contributed by atoms with van der Waals surface area (Å²) in [5, 5.41) is 7.58.